The molecule has 2 saturated heterocycles. The first-order valence-electron chi connectivity index (χ1n) is 7.40. The predicted molar refractivity (Wildman–Crippen MR) is 78.0 cm³/mol. The van der Waals surface area contributed by atoms with E-state index in [0.29, 0.717) is 39.3 Å². The van der Waals surface area contributed by atoms with Gasteiger partial charge in [0.25, 0.3) is 10.2 Å². The second kappa shape index (κ2) is 7.50. The largest absolute Gasteiger partial charge is 0.378 e. The Labute approximate surface area is 126 Å². The number of morpholine rings is 1. The van der Waals surface area contributed by atoms with E-state index < -0.39 is 16.3 Å². The zero-order chi connectivity index (χ0) is 15.3. The monoisotopic (exact) mass is 320 g/mol. The molecule has 1 amide bonds. The lowest BCUT2D eigenvalue weighted by atomic mass is 10.2. The summed E-state index contributed by atoms with van der Waals surface area (Å²) in [6.45, 7) is 5.28. The minimum Gasteiger partial charge on any atom is -0.378 e. The molecule has 2 heterocycles. The topological polar surface area (TPSA) is 91.0 Å². The highest BCUT2D eigenvalue weighted by Crippen LogP contribution is 2.17. The zero-order valence-electron chi connectivity index (χ0n) is 12.4. The molecule has 2 aliphatic heterocycles. The summed E-state index contributed by atoms with van der Waals surface area (Å²) in [5.41, 5.74) is 0. The predicted octanol–water partition coefficient (Wildman–Crippen LogP) is -1.64. The molecule has 21 heavy (non-hydrogen) atoms. The van der Waals surface area contributed by atoms with Gasteiger partial charge in [0.15, 0.2) is 0 Å². The van der Waals surface area contributed by atoms with Gasteiger partial charge in [0, 0.05) is 39.3 Å². The standard InChI is InChI=1S/C12H24N4O4S/c1-2-3-14-12(17)11-10-20-9-8-16(11)21(18,19)15-6-4-13-5-7-15/h11,13H,2-10H2,1H3,(H,14,17). The minimum absolute atomic E-state index is 0.112. The van der Waals surface area contributed by atoms with Gasteiger partial charge in [0.1, 0.15) is 6.04 Å². The van der Waals surface area contributed by atoms with E-state index in [4.69, 9.17) is 4.74 Å². The maximum atomic E-state index is 12.7. The molecule has 0 aliphatic carbocycles. The second-order valence-electron chi connectivity index (χ2n) is 5.15. The van der Waals surface area contributed by atoms with Crippen molar-refractivity contribution in [3.63, 3.8) is 0 Å². The maximum absolute atomic E-state index is 12.7. The number of nitrogens with zero attached hydrogens (tertiary/aromatic N) is 2. The van der Waals surface area contributed by atoms with Crippen LogP contribution in [0.15, 0.2) is 0 Å². The third-order valence-electron chi connectivity index (χ3n) is 3.63. The summed E-state index contributed by atoms with van der Waals surface area (Å²) in [5, 5.41) is 5.87. The lowest BCUT2D eigenvalue weighted by Crippen LogP contribution is -2.60. The lowest BCUT2D eigenvalue weighted by molar-refractivity contribution is -0.129. The molecule has 0 saturated carbocycles. The highest BCUT2D eigenvalue weighted by molar-refractivity contribution is 7.86. The molecule has 2 aliphatic rings. The van der Waals surface area contributed by atoms with Crippen molar-refractivity contribution in [2.45, 2.75) is 19.4 Å². The van der Waals surface area contributed by atoms with Crippen molar-refractivity contribution in [2.24, 2.45) is 0 Å². The highest BCUT2D eigenvalue weighted by Gasteiger charge is 2.40. The summed E-state index contributed by atoms with van der Waals surface area (Å²) in [4.78, 5) is 12.2. The van der Waals surface area contributed by atoms with Gasteiger partial charge in [-0.05, 0) is 6.42 Å². The van der Waals surface area contributed by atoms with Crippen molar-refractivity contribution >= 4 is 16.1 Å². The van der Waals surface area contributed by atoms with Crippen LogP contribution in [0.25, 0.3) is 0 Å². The van der Waals surface area contributed by atoms with Gasteiger partial charge in [-0.3, -0.25) is 4.79 Å². The van der Waals surface area contributed by atoms with Gasteiger partial charge in [-0.1, -0.05) is 6.92 Å². The van der Waals surface area contributed by atoms with Crippen LogP contribution in [0.5, 0.6) is 0 Å². The molecule has 0 radical (unpaired) electrons. The molecule has 0 aromatic rings. The fraction of sp³-hybridized carbons (Fsp3) is 0.917. The second-order valence-corrected chi connectivity index (χ2v) is 7.03. The van der Waals surface area contributed by atoms with Crippen LogP contribution in [0.1, 0.15) is 13.3 Å². The number of amides is 1. The first-order valence-corrected chi connectivity index (χ1v) is 8.80. The highest BCUT2D eigenvalue weighted by atomic mass is 32.2. The van der Waals surface area contributed by atoms with Crippen molar-refractivity contribution in [1.82, 2.24) is 19.2 Å². The Balaban J connectivity index is 2.11. The zero-order valence-corrected chi connectivity index (χ0v) is 13.2. The number of piperazine rings is 1. The Morgan fingerprint density at radius 3 is 2.71 bits per heavy atom. The Hall–Kier alpha value is -0.740. The molecule has 0 bridgehead atoms. The van der Waals surface area contributed by atoms with E-state index in [1.807, 2.05) is 6.92 Å². The molecule has 1 unspecified atom stereocenters. The molecular formula is C12H24N4O4S. The normalized spacial score (nSPS) is 25.7. The van der Waals surface area contributed by atoms with Gasteiger partial charge < -0.3 is 15.4 Å². The van der Waals surface area contributed by atoms with E-state index in [0.717, 1.165) is 6.42 Å². The van der Waals surface area contributed by atoms with Crippen molar-refractivity contribution in [3.8, 4) is 0 Å². The van der Waals surface area contributed by atoms with E-state index in [-0.39, 0.29) is 19.1 Å². The molecule has 122 valence electrons. The van der Waals surface area contributed by atoms with Gasteiger partial charge >= 0.3 is 0 Å². The Morgan fingerprint density at radius 1 is 1.33 bits per heavy atom. The Morgan fingerprint density at radius 2 is 2.05 bits per heavy atom. The van der Waals surface area contributed by atoms with Gasteiger partial charge in [-0.15, -0.1) is 0 Å². The van der Waals surface area contributed by atoms with Crippen LogP contribution in [0.2, 0.25) is 0 Å². The van der Waals surface area contributed by atoms with Gasteiger partial charge in [0.05, 0.1) is 13.2 Å². The number of rotatable bonds is 5. The van der Waals surface area contributed by atoms with Crippen LogP contribution < -0.4 is 10.6 Å². The summed E-state index contributed by atoms with van der Waals surface area (Å²) < 4.78 is 33.5. The van der Waals surface area contributed by atoms with Crippen LogP contribution in [0.3, 0.4) is 0 Å². The Kier molecular flexibility index (Phi) is 5.94. The quantitative estimate of drug-likeness (QED) is 0.634. The first-order chi connectivity index (χ1) is 10.1. The third kappa shape index (κ3) is 3.92. The molecule has 8 nitrogen and oxygen atoms in total. The van der Waals surface area contributed by atoms with Gasteiger partial charge in [-0.25, -0.2) is 0 Å². The number of hydrogen-bond donors (Lipinski definition) is 2. The van der Waals surface area contributed by atoms with Gasteiger partial charge in [0.2, 0.25) is 5.91 Å². The summed E-state index contributed by atoms with van der Waals surface area (Å²) in [6.07, 6.45) is 0.809. The summed E-state index contributed by atoms with van der Waals surface area (Å²) >= 11 is 0. The van der Waals surface area contributed by atoms with E-state index in [1.165, 1.54) is 8.61 Å². The average molecular weight is 320 g/mol. The fourth-order valence-corrected chi connectivity index (χ4v) is 4.18. The van der Waals surface area contributed by atoms with Crippen molar-refractivity contribution in [3.05, 3.63) is 0 Å². The van der Waals surface area contributed by atoms with Crippen molar-refractivity contribution in [2.75, 3.05) is 52.5 Å². The molecule has 2 rings (SSSR count). The number of nitrogens with one attached hydrogen (secondary N) is 2. The van der Waals surface area contributed by atoms with Crippen LogP contribution in [0, 0.1) is 0 Å². The van der Waals surface area contributed by atoms with E-state index >= 15 is 0 Å². The smallest absolute Gasteiger partial charge is 0.282 e. The maximum Gasteiger partial charge on any atom is 0.282 e. The molecule has 0 aromatic carbocycles. The van der Waals surface area contributed by atoms with Crippen molar-refractivity contribution in [1.29, 1.82) is 0 Å². The molecule has 9 heteroatoms. The van der Waals surface area contributed by atoms with Crippen LogP contribution in [-0.2, 0) is 19.7 Å². The Bertz CT molecular complexity index is 450. The molecular weight excluding hydrogens is 296 g/mol. The summed E-state index contributed by atoms with van der Waals surface area (Å²) in [5.74, 6) is -0.282. The van der Waals surface area contributed by atoms with Crippen molar-refractivity contribution < 1.29 is 17.9 Å². The van der Waals surface area contributed by atoms with E-state index in [1.54, 1.807) is 0 Å². The van der Waals surface area contributed by atoms with Gasteiger partial charge in [-0.2, -0.15) is 17.0 Å². The molecule has 2 fully saturated rings. The third-order valence-corrected chi connectivity index (χ3v) is 5.68. The lowest BCUT2D eigenvalue weighted by Gasteiger charge is -2.38. The number of hydrogen-bond acceptors (Lipinski definition) is 5. The van der Waals surface area contributed by atoms with E-state index in [9.17, 15) is 13.2 Å². The number of carbonyl (C=O) groups is 1. The van der Waals surface area contributed by atoms with Crippen LogP contribution >= 0.6 is 0 Å². The summed E-state index contributed by atoms with van der Waals surface area (Å²) in [7, 11) is -3.62. The SMILES string of the molecule is CCCNC(=O)C1COCCN1S(=O)(=O)N1CCNCC1. The van der Waals surface area contributed by atoms with Crippen LogP contribution in [-0.4, -0.2) is 81.5 Å². The van der Waals surface area contributed by atoms with E-state index in [2.05, 4.69) is 10.6 Å². The summed E-state index contributed by atoms with van der Waals surface area (Å²) in [6, 6.07) is -0.773. The molecule has 2 N–H and O–H groups in total. The molecule has 1 atom stereocenters. The minimum atomic E-state index is -3.62. The number of carbonyl (C=O) groups excluding carboxylic acids is 1. The molecule has 0 spiro atoms. The molecule has 0 aromatic heterocycles. The first kappa shape index (κ1) is 16.6. The van der Waals surface area contributed by atoms with Crippen LogP contribution in [0.4, 0.5) is 0 Å². The number of ether oxygens (including phenoxy) is 1. The fourth-order valence-electron chi connectivity index (χ4n) is 2.46. The average Bonchev–Trinajstić information content (AvgIpc) is 2.53.